The molecule has 25 heavy (non-hydrogen) atoms. The monoisotopic (exact) mass is 352 g/mol. The second-order valence-electron chi connectivity index (χ2n) is 5.85. The number of hydrogen-bond donors (Lipinski definition) is 2. The maximum absolute atomic E-state index is 11.7. The zero-order valence-corrected chi connectivity index (χ0v) is 15.1. The lowest BCUT2D eigenvalue weighted by atomic mass is 10.1. The van der Waals surface area contributed by atoms with Gasteiger partial charge in [-0.1, -0.05) is 19.1 Å². The molecule has 0 fully saturated rings. The fourth-order valence-corrected chi connectivity index (χ4v) is 3.49. The van der Waals surface area contributed by atoms with Gasteiger partial charge in [-0.2, -0.15) is 0 Å². The summed E-state index contributed by atoms with van der Waals surface area (Å²) in [6, 6.07) is 14.8. The van der Waals surface area contributed by atoms with Gasteiger partial charge in [-0.15, -0.1) is 11.3 Å². The van der Waals surface area contributed by atoms with Crippen LogP contribution in [0.3, 0.4) is 0 Å². The molecule has 4 nitrogen and oxygen atoms in total. The van der Waals surface area contributed by atoms with E-state index in [2.05, 4.69) is 5.32 Å². The van der Waals surface area contributed by atoms with E-state index in [4.69, 9.17) is 4.98 Å². The molecule has 1 aromatic heterocycles. The average Bonchev–Trinajstić information content (AvgIpc) is 2.98. The van der Waals surface area contributed by atoms with Gasteiger partial charge in [0.1, 0.15) is 10.8 Å². The SMILES string of the molecule is CCCC(=O)Nc1ccc(-c2nc(-c3ccc(O)cc3)sc2C)cc1. The van der Waals surface area contributed by atoms with Crippen LogP contribution in [0.4, 0.5) is 5.69 Å². The van der Waals surface area contributed by atoms with Crippen molar-refractivity contribution >= 4 is 22.9 Å². The highest BCUT2D eigenvalue weighted by atomic mass is 32.1. The van der Waals surface area contributed by atoms with E-state index in [0.717, 1.165) is 38.8 Å². The summed E-state index contributed by atoms with van der Waals surface area (Å²) in [5, 5.41) is 13.2. The summed E-state index contributed by atoms with van der Waals surface area (Å²) in [6.45, 7) is 4.03. The summed E-state index contributed by atoms with van der Waals surface area (Å²) in [5.41, 5.74) is 3.75. The number of benzene rings is 2. The first-order valence-electron chi connectivity index (χ1n) is 8.24. The Balaban J connectivity index is 1.82. The van der Waals surface area contributed by atoms with Crippen LogP contribution in [0.15, 0.2) is 48.5 Å². The van der Waals surface area contributed by atoms with E-state index in [0.29, 0.717) is 6.42 Å². The lowest BCUT2D eigenvalue weighted by Crippen LogP contribution is -2.10. The average molecular weight is 352 g/mol. The molecule has 2 N–H and O–H groups in total. The van der Waals surface area contributed by atoms with E-state index in [-0.39, 0.29) is 11.7 Å². The van der Waals surface area contributed by atoms with Crippen molar-refractivity contribution in [3.63, 3.8) is 0 Å². The zero-order chi connectivity index (χ0) is 17.8. The minimum Gasteiger partial charge on any atom is -0.508 e. The van der Waals surface area contributed by atoms with Gasteiger partial charge < -0.3 is 10.4 Å². The topological polar surface area (TPSA) is 62.2 Å². The normalized spacial score (nSPS) is 10.6. The Morgan fingerprint density at radius 2 is 1.72 bits per heavy atom. The van der Waals surface area contributed by atoms with Crippen LogP contribution in [0.1, 0.15) is 24.6 Å². The van der Waals surface area contributed by atoms with E-state index < -0.39 is 0 Å². The Labute approximate surface area is 151 Å². The van der Waals surface area contributed by atoms with Crippen LogP contribution in [0.2, 0.25) is 0 Å². The van der Waals surface area contributed by atoms with Gasteiger partial charge in [-0.3, -0.25) is 4.79 Å². The van der Waals surface area contributed by atoms with Gasteiger partial charge in [0.2, 0.25) is 5.91 Å². The number of phenolic OH excluding ortho intramolecular Hbond substituents is 1. The van der Waals surface area contributed by atoms with Gasteiger partial charge in [0, 0.05) is 28.1 Å². The molecule has 0 spiro atoms. The molecule has 0 atom stereocenters. The van der Waals surface area contributed by atoms with E-state index in [9.17, 15) is 9.90 Å². The lowest BCUT2D eigenvalue weighted by molar-refractivity contribution is -0.116. The smallest absolute Gasteiger partial charge is 0.224 e. The summed E-state index contributed by atoms with van der Waals surface area (Å²) in [6.07, 6.45) is 1.37. The van der Waals surface area contributed by atoms with E-state index in [1.54, 1.807) is 23.5 Å². The molecule has 0 bridgehead atoms. The number of hydrogen-bond acceptors (Lipinski definition) is 4. The maximum atomic E-state index is 11.7. The number of nitrogens with one attached hydrogen (secondary N) is 1. The highest BCUT2D eigenvalue weighted by Gasteiger charge is 2.11. The van der Waals surface area contributed by atoms with Crippen LogP contribution in [-0.4, -0.2) is 16.0 Å². The highest BCUT2D eigenvalue weighted by molar-refractivity contribution is 7.15. The van der Waals surface area contributed by atoms with Gasteiger partial charge in [-0.25, -0.2) is 4.98 Å². The molecule has 0 aliphatic rings. The van der Waals surface area contributed by atoms with Gasteiger partial charge >= 0.3 is 0 Å². The number of rotatable bonds is 5. The largest absolute Gasteiger partial charge is 0.508 e. The first-order chi connectivity index (χ1) is 12.1. The predicted molar refractivity (Wildman–Crippen MR) is 103 cm³/mol. The van der Waals surface area contributed by atoms with Crippen molar-refractivity contribution in [3.05, 3.63) is 53.4 Å². The molecule has 0 saturated heterocycles. The van der Waals surface area contributed by atoms with Gasteiger partial charge in [0.15, 0.2) is 0 Å². The van der Waals surface area contributed by atoms with Crippen LogP contribution in [0, 0.1) is 6.92 Å². The quantitative estimate of drug-likeness (QED) is 0.661. The van der Waals surface area contributed by atoms with Crippen LogP contribution in [0.25, 0.3) is 21.8 Å². The Kier molecular flexibility index (Phi) is 5.14. The van der Waals surface area contributed by atoms with E-state index in [1.807, 2.05) is 50.2 Å². The summed E-state index contributed by atoms with van der Waals surface area (Å²) in [4.78, 5) is 17.5. The van der Waals surface area contributed by atoms with E-state index in [1.165, 1.54) is 0 Å². The third-order valence-corrected chi connectivity index (χ3v) is 4.85. The van der Waals surface area contributed by atoms with Crippen molar-refractivity contribution in [2.45, 2.75) is 26.7 Å². The summed E-state index contributed by atoms with van der Waals surface area (Å²) in [5.74, 6) is 0.285. The number of phenols is 1. The molecule has 3 rings (SSSR count). The van der Waals surface area contributed by atoms with Crippen molar-refractivity contribution in [3.8, 4) is 27.6 Å². The maximum Gasteiger partial charge on any atom is 0.224 e. The van der Waals surface area contributed by atoms with Crippen LogP contribution < -0.4 is 5.32 Å². The number of carbonyl (C=O) groups is 1. The Morgan fingerprint density at radius 3 is 2.36 bits per heavy atom. The van der Waals surface area contributed by atoms with Gasteiger partial charge in [0.05, 0.1) is 5.69 Å². The molecule has 0 radical (unpaired) electrons. The van der Waals surface area contributed by atoms with Gasteiger partial charge in [-0.05, 0) is 49.7 Å². The molecule has 0 saturated carbocycles. The van der Waals surface area contributed by atoms with Crippen molar-refractivity contribution < 1.29 is 9.90 Å². The summed E-state index contributed by atoms with van der Waals surface area (Å²) < 4.78 is 0. The lowest BCUT2D eigenvalue weighted by Gasteiger charge is -2.05. The Bertz CT molecular complexity index is 868. The predicted octanol–water partition coefficient (Wildman–Crippen LogP) is 5.23. The van der Waals surface area contributed by atoms with Crippen molar-refractivity contribution in [2.75, 3.05) is 5.32 Å². The fourth-order valence-electron chi connectivity index (χ4n) is 2.55. The molecule has 0 unspecified atom stereocenters. The van der Waals surface area contributed by atoms with Crippen molar-refractivity contribution in [1.29, 1.82) is 0 Å². The van der Waals surface area contributed by atoms with E-state index >= 15 is 0 Å². The van der Waals surface area contributed by atoms with Gasteiger partial charge in [0.25, 0.3) is 0 Å². The molecule has 5 heteroatoms. The second kappa shape index (κ2) is 7.49. The second-order valence-corrected chi connectivity index (χ2v) is 7.05. The Hall–Kier alpha value is -2.66. The van der Waals surface area contributed by atoms with Crippen LogP contribution in [-0.2, 0) is 4.79 Å². The van der Waals surface area contributed by atoms with Crippen LogP contribution >= 0.6 is 11.3 Å². The third kappa shape index (κ3) is 4.06. The number of aromatic hydroxyl groups is 1. The number of thiazole rings is 1. The molecule has 2 aromatic carbocycles. The Morgan fingerprint density at radius 1 is 1.08 bits per heavy atom. The van der Waals surface area contributed by atoms with Crippen molar-refractivity contribution in [1.82, 2.24) is 4.98 Å². The number of amides is 1. The summed E-state index contributed by atoms with van der Waals surface area (Å²) in [7, 11) is 0. The molecule has 1 heterocycles. The molecular weight excluding hydrogens is 332 g/mol. The first kappa shape index (κ1) is 17.2. The molecule has 3 aromatic rings. The molecule has 0 aliphatic heterocycles. The summed E-state index contributed by atoms with van der Waals surface area (Å²) >= 11 is 1.63. The number of anilines is 1. The minimum atomic E-state index is 0.0368. The first-order valence-corrected chi connectivity index (χ1v) is 9.05. The standard InChI is InChI=1S/C20H20N2O2S/c1-3-4-18(24)21-16-9-5-14(6-10-16)19-13(2)25-20(22-19)15-7-11-17(23)12-8-15/h5-12,23H,3-4H2,1-2H3,(H,21,24). The molecule has 1 amide bonds. The molecule has 0 aliphatic carbocycles. The number of aryl methyl sites for hydroxylation is 1. The van der Waals surface area contributed by atoms with Crippen LogP contribution in [0.5, 0.6) is 5.75 Å². The molecular formula is C20H20N2O2S. The third-order valence-electron chi connectivity index (χ3n) is 3.83. The molecule has 128 valence electrons. The minimum absolute atomic E-state index is 0.0368. The zero-order valence-electron chi connectivity index (χ0n) is 14.2. The van der Waals surface area contributed by atoms with Crippen molar-refractivity contribution in [2.24, 2.45) is 0 Å². The number of aromatic nitrogens is 1. The highest BCUT2D eigenvalue weighted by Crippen LogP contribution is 2.34. The number of nitrogens with zero attached hydrogens (tertiary/aromatic N) is 1. The number of carbonyl (C=O) groups excluding carboxylic acids is 1. The fraction of sp³-hybridized carbons (Fsp3) is 0.200.